The van der Waals surface area contributed by atoms with Crippen molar-refractivity contribution in [3.8, 4) is 0 Å². The summed E-state index contributed by atoms with van der Waals surface area (Å²) in [7, 11) is 0. The Morgan fingerprint density at radius 1 is 1.18 bits per heavy atom. The average molecular weight is 148 g/mol. The molecule has 0 saturated carbocycles. The van der Waals surface area contributed by atoms with Crippen molar-refractivity contribution >= 4 is 0 Å². The molecule has 3 atom stereocenters. The quantitative estimate of drug-likeness (QED) is 0.501. The van der Waals surface area contributed by atoms with Crippen LogP contribution < -0.4 is 0 Å². The molecule has 0 nitrogen and oxygen atoms in total. The first-order chi connectivity index (χ1) is 5.38. The zero-order chi connectivity index (χ0) is 7.68. The van der Waals surface area contributed by atoms with Gasteiger partial charge in [-0.1, -0.05) is 31.2 Å². The largest absolute Gasteiger partial charge is 0.0882 e. The molecule has 2 aliphatic rings. The summed E-state index contributed by atoms with van der Waals surface area (Å²) in [5, 5.41) is 0. The van der Waals surface area contributed by atoms with E-state index in [4.69, 9.17) is 0 Å². The third-order valence-electron chi connectivity index (χ3n) is 3.12. The molecular formula is C11H16. The molecule has 0 saturated heterocycles. The van der Waals surface area contributed by atoms with Gasteiger partial charge < -0.3 is 0 Å². The van der Waals surface area contributed by atoms with E-state index in [-0.39, 0.29) is 0 Å². The summed E-state index contributed by atoms with van der Waals surface area (Å²) >= 11 is 0. The summed E-state index contributed by atoms with van der Waals surface area (Å²) in [4.78, 5) is 0. The van der Waals surface area contributed by atoms with Gasteiger partial charge in [0.25, 0.3) is 0 Å². The van der Waals surface area contributed by atoms with Gasteiger partial charge in [-0.15, -0.1) is 0 Å². The van der Waals surface area contributed by atoms with Crippen LogP contribution in [0.5, 0.6) is 0 Å². The van der Waals surface area contributed by atoms with E-state index in [2.05, 4.69) is 31.2 Å². The molecule has 2 aliphatic carbocycles. The molecule has 0 aromatic heterocycles. The third kappa shape index (κ3) is 1.26. The molecule has 0 aromatic rings. The van der Waals surface area contributed by atoms with E-state index >= 15 is 0 Å². The number of allylic oxidation sites excluding steroid dienone is 4. The zero-order valence-corrected chi connectivity index (χ0v) is 7.16. The van der Waals surface area contributed by atoms with Crippen LogP contribution in [0.4, 0.5) is 0 Å². The Labute approximate surface area is 69.0 Å². The summed E-state index contributed by atoms with van der Waals surface area (Å²) in [5.41, 5.74) is 0. The van der Waals surface area contributed by atoms with Crippen LogP contribution in [0.25, 0.3) is 0 Å². The fraction of sp³-hybridized carbons (Fsp3) is 0.636. The Bertz CT molecular complexity index is 188. The number of hydrogen-bond donors (Lipinski definition) is 0. The van der Waals surface area contributed by atoms with Crippen molar-refractivity contribution in [2.45, 2.75) is 26.2 Å². The average Bonchev–Trinajstić information content (AvgIpc) is 2.55. The van der Waals surface area contributed by atoms with Crippen LogP contribution in [-0.2, 0) is 0 Å². The van der Waals surface area contributed by atoms with Crippen molar-refractivity contribution in [3.63, 3.8) is 0 Å². The highest BCUT2D eigenvalue weighted by Gasteiger charge is 2.26. The van der Waals surface area contributed by atoms with E-state index < -0.39 is 0 Å². The highest BCUT2D eigenvalue weighted by molar-refractivity contribution is 5.08. The fourth-order valence-corrected chi connectivity index (χ4v) is 2.39. The highest BCUT2D eigenvalue weighted by Crippen LogP contribution is 2.37. The van der Waals surface area contributed by atoms with Crippen LogP contribution in [-0.4, -0.2) is 0 Å². The van der Waals surface area contributed by atoms with E-state index in [9.17, 15) is 0 Å². The van der Waals surface area contributed by atoms with E-state index in [1.165, 1.54) is 19.3 Å². The second-order valence-electron chi connectivity index (χ2n) is 3.86. The molecule has 2 rings (SSSR count). The Morgan fingerprint density at radius 2 is 2.09 bits per heavy atom. The number of hydrogen-bond acceptors (Lipinski definition) is 0. The van der Waals surface area contributed by atoms with Gasteiger partial charge in [0.15, 0.2) is 0 Å². The smallest absolute Gasteiger partial charge is 0.0194 e. The minimum atomic E-state index is 0.822. The lowest BCUT2D eigenvalue weighted by Gasteiger charge is -2.20. The Balaban J connectivity index is 2.00. The topological polar surface area (TPSA) is 0 Å². The van der Waals surface area contributed by atoms with Crippen LogP contribution in [0, 0.1) is 17.8 Å². The van der Waals surface area contributed by atoms with E-state index in [1.807, 2.05) is 0 Å². The lowest BCUT2D eigenvalue weighted by molar-refractivity contribution is 0.340. The van der Waals surface area contributed by atoms with E-state index in [0.29, 0.717) is 0 Å². The maximum Gasteiger partial charge on any atom is -0.0194 e. The van der Waals surface area contributed by atoms with Crippen LogP contribution in [0.1, 0.15) is 26.2 Å². The first-order valence-electron chi connectivity index (χ1n) is 4.71. The maximum absolute atomic E-state index is 2.42. The molecule has 11 heavy (non-hydrogen) atoms. The molecule has 0 heterocycles. The minimum Gasteiger partial charge on any atom is -0.0882 e. The molecule has 0 aromatic carbocycles. The van der Waals surface area contributed by atoms with Crippen molar-refractivity contribution < 1.29 is 0 Å². The van der Waals surface area contributed by atoms with Gasteiger partial charge in [0.2, 0.25) is 0 Å². The predicted molar refractivity (Wildman–Crippen MR) is 48.3 cm³/mol. The second-order valence-corrected chi connectivity index (χ2v) is 3.86. The van der Waals surface area contributed by atoms with Gasteiger partial charge in [-0.3, -0.25) is 0 Å². The van der Waals surface area contributed by atoms with Gasteiger partial charge in [-0.2, -0.15) is 0 Å². The summed E-state index contributed by atoms with van der Waals surface area (Å²) < 4.78 is 0. The monoisotopic (exact) mass is 148 g/mol. The molecule has 0 aliphatic heterocycles. The van der Waals surface area contributed by atoms with Gasteiger partial charge in [0, 0.05) is 0 Å². The molecular weight excluding hydrogens is 132 g/mol. The minimum absolute atomic E-state index is 0.822. The molecule has 0 amide bonds. The molecule has 0 heteroatoms. The third-order valence-corrected chi connectivity index (χ3v) is 3.12. The molecule has 0 unspecified atom stereocenters. The van der Waals surface area contributed by atoms with Crippen molar-refractivity contribution in [1.29, 1.82) is 0 Å². The van der Waals surface area contributed by atoms with Crippen LogP contribution in [0.3, 0.4) is 0 Å². The van der Waals surface area contributed by atoms with Crippen LogP contribution in [0.15, 0.2) is 24.3 Å². The van der Waals surface area contributed by atoms with Crippen LogP contribution >= 0.6 is 0 Å². The van der Waals surface area contributed by atoms with Gasteiger partial charge in [-0.05, 0) is 37.0 Å². The highest BCUT2D eigenvalue weighted by atomic mass is 14.3. The normalized spacial score (nSPS) is 42.1. The Morgan fingerprint density at radius 3 is 2.64 bits per heavy atom. The van der Waals surface area contributed by atoms with E-state index in [1.54, 1.807) is 0 Å². The SMILES string of the molecule is C[C@@H]1C=CC[C@@H]1[C@@H]1C=CCC1. The summed E-state index contributed by atoms with van der Waals surface area (Å²) in [6.45, 7) is 2.35. The van der Waals surface area contributed by atoms with Crippen molar-refractivity contribution in [1.82, 2.24) is 0 Å². The van der Waals surface area contributed by atoms with E-state index in [0.717, 1.165) is 17.8 Å². The zero-order valence-electron chi connectivity index (χ0n) is 7.16. The number of rotatable bonds is 1. The summed E-state index contributed by atoms with van der Waals surface area (Å²) in [6, 6.07) is 0. The van der Waals surface area contributed by atoms with Gasteiger partial charge >= 0.3 is 0 Å². The van der Waals surface area contributed by atoms with Crippen molar-refractivity contribution in [2.24, 2.45) is 17.8 Å². The van der Waals surface area contributed by atoms with Crippen LogP contribution in [0.2, 0.25) is 0 Å². The standard InChI is InChI=1S/C11H16/c1-9-5-4-8-11(9)10-6-2-3-7-10/h2,4-6,9-11H,3,7-8H2,1H3/t9-,10-,11+/m1/s1. The molecule has 0 fully saturated rings. The summed E-state index contributed by atoms with van der Waals surface area (Å²) in [5.74, 6) is 2.64. The first-order valence-corrected chi connectivity index (χ1v) is 4.71. The van der Waals surface area contributed by atoms with Crippen molar-refractivity contribution in [3.05, 3.63) is 24.3 Å². The molecule has 0 spiro atoms. The molecule has 0 N–H and O–H groups in total. The Hall–Kier alpha value is -0.520. The second kappa shape index (κ2) is 2.84. The van der Waals surface area contributed by atoms with Crippen molar-refractivity contribution in [2.75, 3.05) is 0 Å². The summed E-state index contributed by atoms with van der Waals surface area (Å²) in [6.07, 6.45) is 13.5. The molecule has 0 bridgehead atoms. The van der Waals surface area contributed by atoms with Gasteiger partial charge in [0.05, 0.1) is 0 Å². The van der Waals surface area contributed by atoms with Gasteiger partial charge in [0.1, 0.15) is 0 Å². The Kier molecular flexibility index (Phi) is 1.85. The lowest BCUT2D eigenvalue weighted by atomic mass is 9.84. The first kappa shape index (κ1) is 7.15. The predicted octanol–water partition coefficient (Wildman–Crippen LogP) is 3.16. The maximum atomic E-state index is 2.42. The molecule has 60 valence electrons. The van der Waals surface area contributed by atoms with Gasteiger partial charge in [-0.25, -0.2) is 0 Å². The molecule has 0 radical (unpaired) electrons. The fourth-order valence-electron chi connectivity index (χ4n) is 2.39. The lowest BCUT2D eigenvalue weighted by Crippen LogP contribution is -2.13.